The van der Waals surface area contributed by atoms with Crippen molar-refractivity contribution in [3.05, 3.63) is 35.6 Å². The van der Waals surface area contributed by atoms with Crippen LogP contribution in [0.25, 0.3) is 0 Å². The van der Waals surface area contributed by atoms with E-state index in [9.17, 15) is 14.3 Å². The third kappa shape index (κ3) is 2.29. The number of aliphatic hydroxyl groups excluding tert-OH is 1. The summed E-state index contributed by atoms with van der Waals surface area (Å²) in [5, 5.41) is 9.39. The number of esters is 1. The molecule has 0 heterocycles. The van der Waals surface area contributed by atoms with E-state index < -0.39 is 17.9 Å². The third-order valence-electron chi connectivity index (χ3n) is 1.71. The Morgan fingerprint density at radius 1 is 1.57 bits per heavy atom. The highest BCUT2D eigenvalue weighted by molar-refractivity contribution is 5.76. The molecule has 1 unspecified atom stereocenters. The lowest BCUT2D eigenvalue weighted by molar-refractivity contribution is -0.153. The van der Waals surface area contributed by atoms with Crippen LogP contribution in [0, 0.1) is 5.82 Å². The van der Waals surface area contributed by atoms with E-state index in [0.717, 1.165) is 0 Å². The monoisotopic (exact) mass is 198 g/mol. The van der Waals surface area contributed by atoms with E-state index in [0.29, 0.717) is 0 Å². The van der Waals surface area contributed by atoms with Crippen molar-refractivity contribution in [1.82, 2.24) is 0 Å². The molecule has 1 aromatic carbocycles. The van der Waals surface area contributed by atoms with E-state index in [1.807, 2.05) is 0 Å². The zero-order valence-electron chi connectivity index (χ0n) is 7.74. The lowest BCUT2D eigenvalue weighted by Crippen LogP contribution is -2.16. The summed E-state index contributed by atoms with van der Waals surface area (Å²) < 4.78 is 17.6. The van der Waals surface area contributed by atoms with Crippen molar-refractivity contribution in [3.8, 4) is 0 Å². The van der Waals surface area contributed by atoms with E-state index in [4.69, 9.17) is 0 Å². The molecule has 0 aliphatic heterocycles. The summed E-state index contributed by atoms with van der Waals surface area (Å²) in [6.45, 7) is 1.77. The zero-order chi connectivity index (χ0) is 10.6. The van der Waals surface area contributed by atoms with Gasteiger partial charge in [0.1, 0.15) is 5.82 Å². The quantitative estimate of drug-likeness (QED) is 0.747. The van der Waals surface area contributed by atoms with E-state index in [1.54, 1.807) is 13.0 Å². The molecule has 0 amide bonds. The van der Waals surface area contributed by atoms with E-state index in [-0.39, 0.29) is 12.2 Å². The molecule has 0 saturated carbocycles. The number of aliphatic hydroxyl groups is 1. The Labute approximate surface area is 81.1 Å². The van der Waals surface area contributed by atoms with Crippen molar-refractivity contribution < 1.29 is 19.0 Å². The maximum Gasteiger partial charge on any atom is 0.339 e. The van der Waals surface area contributed by atoms with Gasteiger partial charge in [0.2, 0.25) is 0 Å². The number of ether oxygens (including phenoxy) is 1. The number of benzene rings is 1. The summed E-state index contributed by atoms with van der Waals surface area (Å²) in [4.78, 5) is 11.1. The van der Waals surface area contributed by atoms with Gasteiger partial charge in [-0.15, -0.1) is 0 Å². The predicted molar refractivity (Wildman–Crippen MR) is 48.0 cm³/mol. The Balaban J connectivity index is 2.84. The second-order valence-corrected chi connectivity index (χ2v) is 2.68. The number of hydrogen-bond acceptors (Lipinski definition) is 3. The topological polar surface area (TPSA) is 46.5 Å². The SMILES string of the molecule is CCOC(=O)C(O)c1ccccc1F. The Bertz CT molecular complexity index is 325. The fraction of sp³-hybridized carbons (Fsp3) is 0.300. The fourth-order valence-corrected chi connectivity index (χ4v) is 1.05. The summed E-state index contributed by atoms with van der Waals surface area (Å²) in [6, 6.07) is 5.55. The van der Waals surface area contributed by atoms with Gasteiger partial charge < -0.3 is 9.84 Å². The van der Waals surface area contributed by atoms with Crippen molar-refractivity contribution in [1.29, 1.82) is 0 Å². The van der Waals surface area contributed by atoms with Crippen LogP contribution in [0.4, 0.5) is 4.39 Å². The van der Waals surface area contributed by atoms with Crippen molar-refractivity contribution in [3.63, 3.8) is 0 Å². The molecule has 0 spiro atoms. The largest absolute Gasteiger partial charge is 0.464 e. The first-order valence-corrected chi connectivity index (χ1v) is 4.26. The lowest BCUT2D eigenvalue weighted by Gasteiger charge is -2.10. The summed E-state index contributed by atoms with van der Waals surface area (Å²) >= 11 is 0. The minimum Gasteiger partial charge on any atom is -0.464 e. The molecule has 76 valence electrons. The standard InChI is InChI=1S/C10H11FO3/c1-2-14-10(13)9(12)7-5-3-4-6-8(7)11/h3-6,9,12H,2H2,1H3. The van der Waals surface area contributed by atoms with Gasteiger partial charge in [-0.2, -0.15) is 0 Å². The van der Waals surface area contributed by atoms with Crippen LogP contribution < -0.4 is 0 Å². The molecule has 0 aliphatic carbocycles. The minimum atomic E-state index is -1.55. The van der Waals surface area contributed by atoms with Gasteiger partial charge in [0.05, 0.1) is 6.61 Å². The van der Waals surface area contributed by atoms with Crippen molar-refractivity contribution in [2.75, 3.05) is 6.61 Å². The summed E-state index contributed by atoms with van der Waals surface area (Å²) in [7, 11) is 0. The fourth-order valence-electron chi connectivity index (χ4n) is 1.05. The molecule has 0 aromatic heterocycles. The van der Waals surface area contributed by atoms with Crippen LogP contribution in [0.1, 0.15) is 18.6 Å². The second-order valence-electron chi connectivity index (χ2n) is 2.68. The van der Waals surface area contributed by atoms with Crippen LogP contribution in [0.2, 0.25) is 0 Å². The minimum absolute atomic E-state index is 0.0639. The van der Waals surface area contributed by atoms with Gasteiger partial charge in [0.15, 0.2) is 6.10 Å². The summed E-state index contributed by atoms with van der Waals surface area (Å²) in [6.07, 6.45) is -1.55. The van der Waals surface area contributed by atoms with Crippen molar-refractivity contribution >= 4 is 5.97 Å². The van der Waals surface area contributed by atoms with Crippen molar-refractivity contribution in [2.45, 2.75) is 13.0 Å². The molecule has 0 aliphatic rings. The number of rotatable bonds is 3. The van der Waals surface area contributed by atoms with Gasteiger partial charge in [-0.3, -0.25) is 0 Å². The molecule has 0 radical (unpaired) electrons. The Hall–Kier alpha value is -1.42. The zero-order valence-corrected chi connectivity index (χ0v) is 7.74. The molecule has 4 heteroatoms. The van der Waals surface area contributed by atoms with E-state index in [1.165, 1.54) is 18.2 Å². The third-order valence-corrected chi connectivity index (χ3v) is 1.71. The molecule has 1 aromatic rings. The van der Waals surface area contributed by atoms with Gasteiger partial charge >= 0.3 is 5.97 Å². The molecule has 3 nitrogen and oxygen atoms in total. The van der Waals surface area contributed by atoms with Gasteiger partial charge in [0, 0.05) is 5.56 Å². The molecule has 1 N–H and O–H groups in total. The lowest BCUT2D eigenvalue weighted by atomic mass is 10.1. The highest BCUT2D eigenvalue weighted by atomic mass is 19.1. The highest BCUT2D eigenvalue weighted by Gasteiger charge is 2.21. The van der Waals surface area contributed by atoms with Crippen molar-refractivity contribution in [2.24, 2.45) is 0 Å². The van der Waals surface area contributed by atoms with Gasteiger partial charge in [-0.05, 0) is 13.0 Å². The maximum absolute atomic E-state index is 13.1. The molecular weight excluding hydrogens is 187 g/mol. The molecule has 0 fully saturated rings. The first-order chi connectivity index (χ1) is 6.66. The van der Waals surface area contributed by atoms with E-state index >= 15 is 0 Å². The number of carbonyl (C=O) groups is 1. The van der Waals surface area contributed by atoms with Crippen LogP contribution in [0.5, 0.6) is 0 Å². The second kappa shape index (κ2) is 4.72. The van der Waals surface area contributed by atoms with E-state index in [2.05, 4.69) is 4.74 Å². The molecular formula is C10H11FO3. The van der Waals surface area contributed by atoms with Crippen LogP contribution >= 0.6 is 0 Å². The Kier molecular flexibility index (Phi) is 3.59. The molecule has 0 saturated heterocycles. The first-order valence-electron chi connectivity index (χ1n) is 4.26. The summed E-state index contributed by atoms with van der Waals surface area (Å²) in [5.74, 6) is -1.45. The van der Waals surface area contributed by atoms with Gasteiger partial charge in [0.25, 0.3) is 0 Å². The van der Waals surface area contributed by atoms with Crippen LogP contribution in [0.15, 0.2) is 24.3 Å². The molecule has 1 atom stereocenters. The molecule has 14 heavy (non-hydrogen) atoms. The average molecular weight is 198 g/mol. The van der Waals surface area contributed by atoms with Crippen LogP contribution in [-0.4, -0.2) is 17.7 Å². The Morgan fingerprint density at radius 3 is 2.79 bits per heavy atom. The number of halogens is 1. The first kappa shape index (κ1) is 10.7. The predicted octanol–water partition coefficient (Wildman–Crippen LogP) is 1.42. The average Bonchev–Trinajstić information content (AvgIpc) is 2.18. The van der Waals surface area contributed by atoms with Gasteiger partial charge in [-0.25, -0.2) is 9.18 Å². The molecule has 0 bridgehead atoms. The summed E-state index contributed by atoms with van der Waals surface area (Å²) in [5.41, 5.74) is -0.0639. The maximum atomic E-state index is 13.1. The number of carbonyl (C=O) groups excluding carboxylic acids is 1. The Morgan fingerprint density at radius 2 is 2.21 bits per heavy atom. The van der Waals surface area contributed by atoms with Crippen LogP contribution in [-0.2, 0) is 9.53 Å². The molecule has 1 rings (SSSR count). The van der Waals surface area contributed by atoms with Gasteiger partial charge in [-0.1, -0.05) is 18.2 Å². The smallest absolute Gasteiger partial charge is 0.339 e. The highest BCUT2D eigenvalue weighted by Crippen LogP contribution is 2.17. The number of hydrogen-bond donors (Lipinski definition) is 1. The van der Waals surface area contributed by atoms with Crippen LogP contribution in [0.3, 0.4) is 0 Å². The normalized spacial score (nSPS) is 12.2.